The number of aromatic amines is 1. The molecule has 2 heterocycles. The molecule has 1 saturated carbocycles. The van der Waals surface area contributed by atoms with Gasteiger partial charge in [-0.1, -0.05) is 12.8 Å². The predicted octanol–water partition coefficient (Wildman–Crippen LogP) is 2.76. The van der Waals surface area contributed by atoms with Crippen LogP contribution in [-0.2, 0) is 0 Å². The molecule has 2 fully saturated rings. The highest BCUT2D eigenvalue weighted by Crippen LogP contribution is 2.37. The van der Waals surface area contributed by atoms with Gasteiger partial charge in [-0.15, -0.1) is 0 Å². The number of hydrogen-bond donors (Lipinski definition) is 1. The number of pyridine rings is 1. The fourth-order valence-corrected chi connectivity index (χ4v) is 3.68. The van der Waals surface area contributed by atoms with Gasteiger partial charge in [0.15, 0.2) is 5.43 Å². The lowest BCUT2D eigenvalue weighted by molar-refractivity contribution is 0.179. The molecule has 0 bridgehead atoms. The van der Waals surface area contributed by atoms with Crippen molar-refractivity contribution in [2.45, 2.75) is 57.5 Å². The van der Waals surface area contributed by atoms with E-state index in [1.807, 2.05) is 6.92 Å². The van der Waals surface area contributed by atoms with Crippen LogP contribution in [0.15, 0.2) is 16.9 Å². The second-order valence-electron chi connectivity index (χ2n) is 5.79. The first-order chi connectivity index (χ1) is 8.74. The summed E-state index contributed by atoms with van der Waals surface area (Å²) >= 11 is 0. The number of aryl methyl sites for hydroxylation is 1. The van der Waals surface area contributed by atoms with Crippen molar-refractivity contribution >= 4 is 0 Å². The molecule has 0 amide bonds. The number of rotatable bonds is 2. The van der Waals surface area contributed by atoms with Gasteiger partial charge in [0, 0.05) is 29.6 Å². The quantitative estimate of drug-likeness (QED) is 0.871. The molecule has 1 aromatic heterocycles. The Kier molecular flexibility index (Phi) is 3.25. The standard InChI is InChI=1S/C15H22N2O/c1-11-9-13(18)10-14(16-11)15-7-4-8-17(15)12-5-2-3-6-12/h9-10,12,15H,2-8H2,1H3,(H,16,18)/t15-/m0/s1. The van der Waals surface area contributed by atoms with Crippen LogP contribution in [0.25, 0.3) is 0 Å². The van der Waals surface area contributed by atoms with Crippen molar-refractivity contribution in [3.63, 3.8) is 0 Å². The minimum atomic E-state index is 0.138. The molecule has 18 heavy (non-hydrogen) atoms. The SMILES string of the molecule is Cc1cc(=O)cc([C@@H]2CCCN2C2CCCC2)[nH]1. The van der Waals surface area contributed by atoms with Crippen molar-refractivity contribution in [1.29, 1.82) is 0 Å². The Morgan fingerprint density at radius 3 is 2.67 bits per heavy atom. The lowest BCUT2D eigenvalue weighted by Gasteiger charge is -2.30. The first kappa shape index (κ1) is 12.0. The molecule has 1 saturated heterocycles. The summed E-state index contributed by atoms with van der Waals surface area (Å²) in [5.74, 6) is 0. The highest BCUT2D eigenvalue weighted by atomic mass is 16.1. The zero-order chi connectivity index (χ0) is 12.5. The van der Waals surface area contributed by atoms with E-state index < -0.39 is 0 Å². The molecule has 0 unspecified atom stereocenters. The van der Waals surface area contributed by atoms with Crippen LogP contribution < -0.4 is 5.43 Å². The fraction of sp³-hybridized carbons (Fsp3) is 0.667. The molecule has 3 heteroatoms. The Labute approximate surface area is 108 Å². The molecular formula is C15H22N2O. The molecule has 1 aromatic rings. The molecule has 1 N–H and O–H groups in total. The summed E-state index contributed by atoms with van der Waals surface area (Å²) in [5.41, 5.74) is 2.25. The first-order valence-corrected chi connectivity index (χ1v) is 7.20. The lowest BCUT2D eigenvalue weighted by Crippen LogP contribution is -2.33. The summed E-state index contributed by atoms with van der Waals surface area (Å²) in [6, 6.07) is 4.67. The minimum absolute atomic E-state index is 0.138. The van der Waals surface area contributed by atoms with Crippen LogP contribution in [0, 0.1) is 6.92 Å². The average Bonchev–Trinajstić information content (AvgIpc) is 2.98. The van der Waals surface area contributed by atoms with E-state index in [1.165, 1.54) is 45.1 Å². The van der Waals surface area contributed by atoms with Gasteiger partial charge < -0.3 is 4.98 Å². The summed E-state index contributed by atoms with van der Waals surface area (Å²) in [7, 11) is 0. The Hall–Kier alpha value is -1.09. The molecule has 3 rings (SSSR count). The van der Waals surface area contributed by atoms with E-state index >= 15 is 0 Å². The zero-order valence-electron chi connectivity index (χ0n) is 11.1. The summed E-state index contributed by atoms with van der Waals surface area (Å²) in [5, 5.41) is 0. The largest absolute Gasteiger partial charge is 0.361 e. The van der Waals surface area contributed by atoms with Crippen LogP contribution in [0.5, 0.6) is 0 Å². The van der Waals surface area contributed by atoms with E-state index in [0.29, 0.717) is 6.04 Å². The Balaban J connectivity index is 1.87. The van der Waals surface area contributed by atoms with Gasteiger partial charge in [0.1, 0.15) is 0 Å². The highest BCUT2D eigenvalue weighted by Gasteiger charge is 2.33. The van der Waals surface area contributed by atoms with E-state index in [4.69, 9.17) is 0 Å². The zero-order valence-corrected chi connectivity index (χ0v) is 11.1. The number of hydrogen-bond acceptors (Lipinski definition) is 2. The van der Waals surface area contributed by atoms with Gasteiger partial charge in [-0.05, 0) is 39.2 Å². The maximum atomic E-state index is 11.7. The first-order valence-electron chi connectivity index (χ1n) is 7.20. The van der Waals surface area contributed by atoms with Crippen LogP contribution in [0.1, 0.15) is 56.0 Å². The second-order valence-corrected chi connectivity index (χ2v) is 5.79. The third kappa shape index (κ3) is 2.24. The van der Waals surface area contributed by atoms with E-state index in [-0.39, 0.29) is 5.43 Å². The van der Waals surface area contributed by atoms with Crippen molar-refractivity contribution in [3.05, 3.63) is 33.7 Å². The number of aromatic nitrogens is 1. The van der Waals surface area contributed by atoms with Gasteiger partial charge in [0.05, 0.1) is 6.04 Å². The van der Waals surface area contributed by atoms with Crippen LogP contribution in [-0.4, -0.2) is 22.5 Å². The summed E-state index contributed by atoms with van der Waals surface area (Å²) < 4.78 is 0. The normalized spacial score (nSPS) is 25.9. The number of nitrogens with zero attached hydrogens (tertiary/aromatic N) is 1. The smallest absolute Gasteiger partial charge is 0.182 e. The molecule has 1 aliphatic heterocycles. The monoisotopic (exact) mass is 246 g/mol. The molecule has 1 atom stereocenters. The van der Waals surface area contributed by atoms with Crippen molar-refractivity contribution in [2.75, 3.05) is 6.54 Å². The molecule has 0 radical (unpaired) electrons. The number of H-pyrrole nitrogens is 1. The van der Waals surface area contributed by atoms with E-state index in [0.717, 1.165) is 17.4 Å². The fourth-order valence-electron chi connectivity index (χ4n) is 3.68. The number of nitrogens with one attached hydrogen (secondary N) is 1. The molecular weight excluding hydrogens is 224 g/mol. The van der Waals surface area contributed by atoms with Crippen molar-refractivity contribution in [2.24, 2.45) is 0 Å². The maximum absolute atomic E-state index is 11.7. The Bertz CT molecular complexity index is 474. The van der Waals surface area contributed by atoms with Gasteiger partial charge in [-0.3, -0.25) is 9.69 Å². The average molecular weight is 246 g/mol. The van der Waals surface area contributed by atoms with E-state index in [2.05, 4.69) is 9.88 Å². The molecule has 2 aliphatic rings. The third-order valence-corrected chi connectivity index (χ3v) is 4.44. The molecule has 0 aromatic carbocycles. The number of likely N-dealkylation sites (tertiary alicyclic amines) is 1. The van der Waals surface area contributed by atoms with Crippen molar-refractivity contribution in [3.8, 4) is 0 Å². The summed E-state index contributed by atoms with van der Waals surface area (Å²) in [6.07, 6.45) is 7.88. The molecule has 98 valence electrons. The third-order valence-electron chi connectivity index (χ3n) is 4.44. The lowest BCUT2D eigenvalue weighted by atomic mass is 10.1. The van der Waals surface area contributed by atoms with Crippen molar-refractivity contribution in [1.82, 2.24) is 9.88 Å². The summed E-state index contributed by atoms with van der Waals surface area (Å²) in [4.78, 5) is 17.7. The summed E-state index contributed by atoms with van der Waals surface area (Å²) in [6.45, 7) is 3.17. The Morgan fingerprint density at radius 1 is 1.17 bits per heavy atom. The maximum Gasteiger partial charge on any atom is 0.182 e. The van der Waals surface area contributed by atoms with Gasteiger partial charge in [0.2, 0.25) is 0 Å². The van der Waals surface area contributed by atoms with Gasteiger partial charge >= 0.3 is 0 Å². The van der Waals surface area contributed by atoms with Gasteiger partial charge in [-0.25, -0.2) is 0 Å². The van der Waals surface area contributed by atoms with Crippen LogP contribution in [0.3, 0.4) is 0 Å². The van der Waals surface area contributed by atoms with Gasteiger partial charge in [-0.2, -0.15) is 0 Å². The van der Waals surface area contributed by atoms with Crippen LogP contribution in [0.2, 0.25) is 0 Å². The van der Waals surface area contributed by atoms with Crippen molar-refractivity contribution < 1.29 is 0 Å². The minimum Gasteiger partial charge on any atom is -0.361 e. The second kappa shape index (κ2) is 4.88. The van der Waals surface area contributed by atoms with E-state index in [9.17, 15) is 4.79 Å². The van der Waals surface area contributed by atoms with Crippen LogP contribution >= 0.6 is 0 Å². The molecule has 1 aliphatic carbocycles. The molecule has 3 nitrogen and oxygen atoms in total. The Morgan fingerprint density at radius 2 is 1.94 bits per heavy atom. The molecule has 0 spiro atoms. The highest BCUT2D eigenvalue weighted by molar-refractivity contribution is 5.15. The van der Waals surface area contributed by atoms with E-state index in [1.54, 1.807) is 12.1 Å². The van der Waals surface area contributed by atoms with Crippen LogP contribution in [0.4, 0.5) is 0 Å². The predicted molar refractivity (Wildman–Crippen MR) is 72.7 cm³/mol. The van der Waals surface area contributed by atoms with Gasteiger partial charge in [0.25, 0.3) is 0 Å². The topological polar surface area (TPSA) is 36.1 Å².